The Morgan fingerprint density at radius 3 is 3.10 bits per heavy atom. The van der Waals surface area contributed by atoms with Crippen LogP contribution in [-0.2, 0) is 0 Å². The molecular weight excluding hydrogens is 128 g/mol. The number of hydrogen-bond acceptors (Lipinski definition) is 3. The Bertz CT molecular complexity index is 250. The second-order valence-corrected chi connectivity index (χ2v) is 1.67. The van der Waals surface area contributed by atoms with Crippen LogP contribution < -0.4 is 5.73 Å². The van der Waals surface area contributed by atoms with Crippen LogP contribution in [-0.4, -0.2) is 4.98 Å². The quantitative estimate of drug-likeness (QED) is 0.665. The Morgan fingerprint density at radius 2 is 2.50 bits per heavy atom. The zero-order chi connectivity index (χ0) is 7.40. The highest BCUT2D eigenvalue weighted by molar-refractivity contribution is 5.56. The summed E-state index contributed by atoms with van der Waals surface area (Å²) < 4.78 is 4.93. The van der Waals surface area contributed by atoms with Crippen molar-refractivity contribution in [2.24, 2.45) is 5.73 Å². The number of hydrogen-bond donors (Lipinski definition) is 1. The van der Waals surface area contributed by atoms with Gasteiger partial charge in [-0.3, -0.25) is 0 Å². The molecular formula is C7H8N2O. The van der Waals surface area contributed by atoms with Gasteiger partial charge in [0.15, 0.2) is 12.2 Å². The summed E-state index contributed by atoms with van der Waals surface area (Å²) in [5.74, 6) is 0.640. The van der Waals surface area contributed by atoms with E-state index in [-0.39, 0.29) is 0 Å². The molecule has 52 valence electrons. The number of oxazole rings is 1. The summed E-state index contributed by atoms with van der Waals surface area (Å²) in [5.41, 5.74) is 5.85. The first-order valence-electron chi connectivity index (χ1n) is 2.82. The maximum absolute atomic E-state index is 5.15. The predicted octanol–water partition coefficient (Wildman–Crippen LogP) is 1.25. The third-order valence-corrected chi connectivity index (χ3v) is 1.06. The van der Waals surface area contributed by atoms with E-state index < -0.39 is 0 Å². The van der Waals surface area contributed by atoms with Crippen molar-refractivity contribution in [3.63, 3.8) is 0 Å². The Kier molecular flexibility index (Phi) is 1.89. The minimum atomic E-state index is 0.640. The molecule has 0 aliphatic rings. The third kappa shape index (κ3) is 1.07. The number of rotatable bonds is 2. The highest BCUT2D eigenvalue weighted by Crippen LogP contribution is 2.08. The summed E-state index contributed by atoms with van der Waals surface area (Å²) in [5, 5.41) is 0. The summed E-state index contributed by atoms with van der Waals surface area (Å²) in [6.07, 6.45) is 6.00. The standard InChI is InChI=1S/C7H8N2O/c1-2-7-6(3-4-8)9-5-10-7/h2-5H,1,8H2/b4-3-. The highest BCUT2D eigenvalue weighted by atomic mass is 16.3. The lowest BCUT2D eigenvalue weighted by Crippen LogP contribution is -1.79. The SMILES string of the molecule is C=Cc1ocnc1/C=C\N. The molecule has 3 heteroatoms. The molecule has 0 bridgehead atoms. The van der Waals surface area contributed by atoms with Crippen LogP contribution in [0.15, 0.2) is 23.6 Å². The van der Waals surface area contributed by atoms with Gasteiger partial charge in [-0.05, 0) is 18.4 Å². The van der Waals surface area contributed by atoms with Crippen molar-refractivity contribution in [3.8, 4) is 0 Å². The van der Waals surface area contributed by atoms with E-state index in [0.717, 1.165) is 0 Å². The molecule has 3 nitrogen and oxygen atoms in total. The monoisotopic (exact) mass is 136 g/mol. The second kappa shape index (κ2) is 2.87. The molecule has 1 rings (SSSR count). The van der Waals surface area contributed by atoms with Crippen LogP contribution in [0.4, 0.5) is 0 Å². The number of aromatic nitrogens is 1. The Hall–Kier alpha value is -1.51. The van der Waals surface area contributed by atoms with Gasteiger partial charge in [-0.15, -0.1) is 0 Å². The van der Waals surface area contributed by atoms with Crippen molar-refractivity contribution in [2.75, 3.05) is 0 Å². The molecule has 0 unspecified atom stereocenters. The van der Waals surface area contributed by atoms with Gasteiger partial charge in [0.25, 0.3) is 0 Å². The first kappa shape index (κ1) is 6.61. The molecule has 1 aromatic heterocycles. The molecule has 0 amide bonds. The first-order chi connectivity index (χ1) is 4.88. The van der Waals surface area contributed by atoms with Crippen molar-refractivity contribution in [1.29, 1.82) is 0 Å². The Labute approximate surface area is 58.9 Å². The number of nitrogens with two attached hydrogens (primary N) is 1. The molecule has 0 saturated carbocycles. The van der Waals surface area contributed by atoms with E-state index in [1.54, 1.807) is 12.2 Å². The van der Waals surface area contributed by atoms with Gasteiger partial charge in [-0.1, -0.05) is 6.58 Å². The van der Waals surface area contributed by atoms with Gasteiger partial charge in [0, 0.05) is 0 Å². The van der Waals surface area contributed by atoms with Crippen LogP contribution >= 0.6 is 0 Å². The molecule has 0 aromatic carbocycles. The summed E-state index contributed by atoms with van der Waals surface area (Å²) in [4.78, 5) is 3.87. The minimum absolute atomic E-state index is 0.640. The molecule has 0 saturated heterocycles. The normalized spacial score (nSPS) is 10.4. The molecule has 1 aromatic rings. The van der Waals surface area contributed by atoms with Crippen LogP contribution in [0.25, 0.3) is 12.2 Å². The molecule has 0 fully saturated rings. The fourth-order valence-electron chi connectivity index (χ4n) is 0.633. The fraction of sp³-hybridized carbons (Fsp3) is 0. The molecule has 0 aliphatic heterocycles. The average molecular weight is 136 g/mol. The summed E-state index contributed by atoms with van der Waals surface area (Å²) >= 11 is 0. The fourth-order valence-corrected chi connectivity index (χ4v) is 0.633. The van der Waals surface area contributed by atoms with E-state index in [9.17, 15) is 0 Å². The summed E-state index contributed by atoms with van der Waals surface area (Å²) in [7, 11) is 0. The summed E-state index contributed by atoms with van der Waals surface area (Å²) in [6.45, 7) is 3.54. The lowest BCUT2D eigenvalue weighted by atomic mass is 10.3. The van der Waals surface area contributed by atoms with Gasteiger partial charge in [0.05, 0.1) is 0 Å². The van der Waals surface area contributed by atoms with E-state index in [1.807, 2.05) is 0 Å². The molecule has 2 N–H and O–H groups in total. The van der Waals surface area contributed by atoms with E-state index >= 15 is 0 Å². The van der Waals surface area contributed by atoms with Gasteiger partial charge >= 0.3 is 0 Å². The molecule has 10 heavy (non-hydrogen) atoms. The molecule has 0 aliphatic carbocycles. The average Bonchev–Trinajstić information content (AvgIpc) is 2.36. The van der Waals surface area contributed by atoms with Crippen LogP contribution in [0.1, 0.15) is 11.5 Å². The molecule has 0 radical (unpaired) electrons. The molecule has 0 atom stereocenters. The van der Waals surface area contributed by atoms with Crippen molar-refractivity contribution in [3.05, 3.63) is 30.6 Å². The second-order valence-electron chi connectivity index (χ2n) is 1.67. The Morgan fingerprint density at radius 1 is 1.70 bits per heavy atom. The summed E-state index contributed by atoms with van der Waals surface area (Å²) in [6, 6.07) is 0. The number of nitrogens with zero attached hydrogens (tertiary/aromatic N) is 1. The van der Waals surface area contributed by atoms with Gasteiger partial charge in [-0.2, -0.15) is 0 Å². The maximum atomic E-state index is 5.15. The van der Waals surface area contributed by atoms with Crippen LogP contribution in [0, 0.1) is 0 Å². The van der Waals surface area contributed by atoms with Crippen LogP contribution in [0.2, 0.25) is 0 Å². The lowest BCUT2D eigenvalue weighted by molar-refractivity contribution is 0.548. The van der Waals surface area contributed by atoms with Crippen molar-refractivity contribution >= 4 is 12.2 Å². The van der Waals surface area contributed by atoms with Crippen molar-refractivity contribution in [1.82, 2.24) is 4.98 Å². The minimum Gasteiger partial charge on any atom is -0.444 e. The van der Waals surface area contributed by atoms with Gasteiger partial charge < -0.3 is 10.2 Å². The lowest BCUT2D eigenvalue weighted by Gasteiger charge is -1.83. The highest BCUT2D eigenvalue weighted by Gasteiger charge is 1.97. The van der Waals surface area contributed by atoms with Crippen molar-refractivity contribution < 1.29 is 4.42 Å². The van der Waals surface area contributed by atoms with Crippen molar-refractivity contribution in [2.45, 2.75) is 0 Å². The first-order valence-corrected chi connectivity index (χ1v) is 2.82. The smallest absolute Gasteiger partial charge is 0.181 e. The van der Waals surface area contributed by atoms with Gasteiger partial charge in [0.2, 0.25) is 0 Å². The van der Waals surface area contributed by atoms with Gasteiger partial charge in [-0.25, -0.2) is 4.98 Å². The molecule has 0 spiro atoms. The van der Waals surface area contributed by atoms with E-state index in [0.29, 0.717) is 11.5 Å². The zero-order valence-electron chi connectivity index (χ0n) is 5.45. The third-order valence-electron chi connectivity index (χ3n) is 1.06. The maximum Gasteiger partial charge on any atom is 0.181 e. The van der Waals surface area contributed by atoms with Gasteiger partial charge in [0.1, 0.15) is 5.69 Å². The zero-order valence-corrected chi connectivity index (χ0v) is 5.45. The van der Waals surface area contributed by atoms with Crippen LogP contribution in [0.5, 0.6) is 0 Å². The van der Waals surface area contributed by atoms with Crippen LogP contribution in [0.3, 0.4) is 0 Å². The van der Waals surface area contributed by atoms with E-state index in [1.165, 1.54) is 12.6 Å². The largest absolute Gasteiger partial charge is 0.444 e. The topological polar surface area (TPSA) is 52.0 Å². The molecule has 1 heterocycles. The van der Waals surface area contributed by atoms with E-state index in [2.05, 4.69) is 11.6 Å². The van der Waals surface area contributed by atoms with E-state index in [4.69, 9.17) is 10.2 Å². The predicted molar refractivity (Wildman–Crippen MR) is 39.8 cm³/mol. The Balaban J connectivity index is 3.00.